The molecule has 1 aliphatic carbocycles. The SMILES string of the molecule is Cc1cccc(C)c1-n1nnnc1SCC(=O)NC(C)C1CC1. The number of hydrogen-bond donors (Lipinski definition) is 1. The quantitative estimate of drug-likeness (QED) is 0.822. The summed E-state index contributed by atoms with van der Waals surface area (Å²) < 4.78 is 1.72. The van der Waals surface area contributed by atoms with Crippen molar-refractivity contribution in [1.29, 1.82) is 0 Å². The highest BCUT2D eigenvalue weighted by molar-refractivity contribution is 7.99. The maximum atomic E-state index is 12.1. The summed E-state index contributed by atoms with van der Waals surface area (Å²) in [5.41, 5.74) is 3.18. The molecule has 1 N–H and O–H groups in total. The molecule has 7 heteroatoms. The molecule has 0 bridgehead atoms. The van der Waals surface area contributed by atoms with Gasteiger partial charge in [-0.05, 0) is 61.1 Å². The topological polar surface area (TPSA) is 72.7 Å². The first-order valence-corrected chi connectivity index (χ1v) is 8.82. The molecule has 1 fully saturated rings. The van der Waals surface area contributed by atoms with Gasteiger partial charge in [0.1, 0.15) is 0 Å². The zero-order chi connectivity index (χ0) is 16.4. The van der Waals surface area contributed by atoms with E-state index in [4.69, 9.17) is 0 Å². The van der Waals surface area contributed by atoms with Crippen LogP contribution in [0.5, 0.6) is 0 Å². The second-order valence-electron chi connectivity index (χ2n) is 6.10. The molecule has 1 atom stereocenters. The number of amides is 1. The molecule has 1 aromatic heterocycles. The molecule has 2 aromatic rings. The molecule has 0 spiro atoms. The number of nitrogens with zero attached hydrogens (tertiary/aromatic N) is 4. The van der Waals surface area contributed by atoms with Crippen molar-refractivity contribution in [3.05, 3.63) is 29.3 Å². The Balaban J connectivity index is 1.68. The van der Waals surface area contributed by atoms with Crippen LogP contribution in [-0.2, 0) is 4.79 Å². The molecule has 122 valence electrons. The summed E-state index contributed by atoms with van der Waals surface area (Å²) in [5.74, 6) is 1.01. The summed E-state index contributed by atoms with van der Waals surface area (Å²) in [5, 5.41) is 15.6. The number of rotatable bonds is 6. The van der Waals surface area contributed by atoms with Gasteiger partial charge in [-0.3, -0.25) is 4.79 Å². The number of aromatic nitrogens is 4. The first-order valence-electron chi connectivity index (χ1n) is 7.83. The van der Waals surface area contributed by atoms with Crippen molar-refractivity contribution < 1.29 is 4.79 Å². The van der Waals surface area contributed by atoms with Gasteiger partial charge in [0.05, 0.1) is 11.4 Å². The Morgan fingerprint density at radius 3 is 2.74 bits per heavy atom. The first-order chi connectivity index (χ1) is 11.1. The second kappa shape index (κ2) is 6.70. The van der Waals surface area contributed by atoms with Crippen molar-refractivity contribution in [3.63, 3.8) is 0 Å². The van der Waals surface area contributed by atoms with Crippen LogP contribution in [0.4, 0.5) is 0 Å². The van der Waals surface area contributed by atoms with E-state index in [2.05, 4.69) is 27.8 Å². The van der Waals surface area contributed by atoms with Gasteiger partial charge in [-0.1, -0.05) is 30.0 Å². The molecule has 0 saturated heterocycles. The largest absolute Gasteiger partial charge is 0.353 e. The van der Waals surface area contributed by atoms with Crippen molar-refractivity contribution in [3.8, 4) is 5.69 Å². The molecule has 1 aromatic carbocycles. The van der Waals surface area contributed by atoms with E-state index >= 15 is 0 Å². The summed E-state index contributed by atoms with van der Waals surface area (Å²) >= 11 is 1.36. The molecular weight excluding hydrogens is 310 g/mol. The summed E-state index contributed by atoms with van der Waals surface area (Å²) in [4.78, 5) is 12.1. The Morgan fingerprint density at radius 1 is 1.39 bits per heavy atom. The molecule has 1 unspecified atom stereocenters. The summed E-state index contributed by atoms with van der Waals surface area (Å²) in [6, 6.07) is 6.33. The maximum absolute atomic E-state index is 12.1. The minimum Gasteiger partial charge on any atom is -0.353 e. The van der Waals surface area contributed by atoms with E-state index < -0.39 is 0 Å². The molecule has 6 nitrogen and oxygen atoms in total. The van der Waals surface area contributed by atoms with Gasteiger partial charge in [0.2, 0.25) is 11.1 Å². The number of carbonyl (C=O) groups excluding carboxylic acids is 1. The minimum absolute atomic E-state index is 0.0328. The fraction of sp³-hybridized carbons (Fsp3) is 0.500. The van der Waals surface area contributed by atoms with Gasteiger partial charge in [0, 0.05) is 6.04 Å². The number of thioether (sulfide) groups is 1. The number of benzene rings is 1. The van der Waals surface area contributed by atoms with Crippen molar-refractivity contribution in [2.75, 3.05) is 5.75 Å². The van der Waals surface area contributed by atoms with Crippen LogP contribution in [0, 0.1) is 19.8 Å². The molecule has 3 rings (SSSR count). The molecule has 0 aliphatic heterocycles. The van der Waals surface area contributed by atoms with Crippen LogP contribution in [-0.4, -0.2) is 37.9 Å². The number of hydrogen-bond acceptors (Lipinski definition) is 5. The molecule has 23 heavy (non-hydrogen) atoms. The number of para-hydroxylation sites is 1. The van der Waals surface area contributed by atoms with Gasteiger partial charge < -0.3 is 5.32 Å². The van der Waals surface area contributed by atoms with Gasteiger partial charge in [-0.15, -0.1) is 5.10 Å². The van der Waals surface area contributed by atoms with Crippen molar-refractivity contribution in [1.82, 2.24) is 25.5 Å². The van der Waals surface area contributed by atoms with Crippen molar-refractivity contribution in [2.45, 2.75) is 44.8 Å². The molecule has 1 amide bonds. The fourth-order valence-corrected chi connectivity index (χ4v) is 3.38. The molecule has 1 heterocycles. The monoisotopic (exact) mass is 331 g/mol. The standard InChI is InChI=1S/C16H21N5OS/c1-10-5-4-6-11(2)15(10)21-16(18-19-20-21)23-9-14(22)17-12(3)13-7-8-13/h4-6,12-13H,7-9H2,1-3H3,(H,17,22). The number of tetrazole rings is 1. The fourth-order valence-electron chi connectivity index (χ4n) is 2.69. The number of nitrogens with one attached hydrogen (secondary N) is 1. The van der Waals surface area contributed by atoms with Crippen LogP contribution in [0.3, 0.4) is 0 Å². The third kappa shape index (κ3) is 3.72. The highest BCUT2D eigenvalue weighted by atomic mass is 32.2. The van der Waals surface area contributed by atoms with Crippen LogP contribution < -0.4 is 5.32 Å². The van der Waals surface area contributed by atoms with Crippen LogP contribution in [0.2, 0.25) is 0 Å². The first kappa shape index (κ1) is 16.0. The Bertz CT molecular complexity index is 690. The van der Waals surface area contributed by atoms with Crippen molar-refractivity contribution in [2.24, 2.45) is 5.92 Å². The van der Waals surface area contributed by atoms with Crippen LogP contribution >= 0.6 is 11.8 Å². The Hall–Kier alpha value is -1.89. The van der Waals surface area contributed by atoms with Gasteiger partial charge >= 0.3 is 0 Å². The predicted octanol–water partition coefficient (Wildman–Crippen LogP) is 2.29. The van der Waals surface area contributed by atoms with E-state index in [9.17, 15) is 4.79 Å². The normalized spacial score (nSPS) is 15.4. The second-order valence-corrected chi connectivity index (χ2v) is 7.04. The van der Waals surface area contributed by atoms with Crippen molar-refractivity contribution >= 4 is 17.7 Å². The van der Waals surface area contributed by atoms with Gasteiger partial charge in [-0.2, -0.15) is 4.68 Å². The lowest BCUT2D eigenvalue weighted by molar-refractivity contribution is -0.119. The van der Waals surface area contributed by atoms with E-state index in [1.54, 1.807) is 4.68 Å². The van der Waals surface area contributed by atoms with E-state index in [0.29, 0.717) is 16.8 Å². The zero-order valence-corrected chi connectivity index (χ0v) is 14.4. The summed E-state index contributed by atoms with van der Waals surface area (Å²) in [6.07, 6.45) is 2.44. The highest BCUT2D eigenvalue weighted by Crippen LogP contribution is 2.32. The van der Waals surface area contributed by atoms with Crippen LogP contribution in [0.1, 0.15) is 30.9 Å². The van der Waals surface area contributed by atoms with Gasteiger partial charge in [-0.25, -0.2) is 0 Å². The van der Waals surface area contributed by atoms with Gasteiger partial charge in [0.25, 0.3) is 0 Å². The molecule has 1 aliphatic rings. The number of carbonyl (C=O) groups is 1. The third-order valence-corrected chi connectivity index (χ3v) is 5.06. The Morgan fingerprint density at radius 2 is 2.09 bits per heavy atom. The third-order valence-electron chi connectivity index (χ3n) is 4.14. The summed E-state index contributed by atoms with van der Waals surface area (Å²) in [7, 11) is 0. The van der Waals surface area contributed by atoms with Crippen LogP contribution in [0.15, 0.2) is 23.4 Å². The van der Waals surface area contributed by atoms with Crippen LogP contribution in [0.25, 0.3) is 5.69 Å². The lowest BCUT2D eigenvalue weighted by atomic mass is 10.1. The maximum Gasteiger partial charge on any atom is 0.230 e. The smallest absolute Gasteiger partial charge is 0.230 e. The average Bonchev–Trinajstić information content (AvgIpc) is 3.26. The van der Waals surface area contributed by atoms with E-state index in [1.807, 2.05) is 32.0 Å². The van der Waals surface area contributed by atoms with E-state index in [-0.39, 0.29) is 11.9 Å². The zero-order valence-electron chi connectivity index (χ0n) is 13.6. The highest BCUT2D eigenvalue weighted by Gasteiger charge is 2.28. The Labute approximate surface area is 140 Å². The average molecular weight is 331 g/mol. The molecule has 1 saturated carbocycles. The lowest BCUT2D eigenvalue weighted by Crippen LogP contribution is -2.35. The van der Waals surface area contributed by atoms with E-state index in [1.165, 1.54) is 24.6 Å². The molecule has 0 radical (unpaired) electrons. The van der Waals surface area contributed by atoms with Gasteiger partial charge in [0.15, 0.2) is 0 Å². The molecular formula is C16H21N5OS. The Kier molecular flexibility index (Phi) is 4.66. The summed E-state index contributed by atoms with van der Waals surface area (Å²) in [6.45, 7) is 6.13. The lowest BCUT2D eigenvalue weighted by Gasteiger charge is -2.13. The minimum atomic E-state index is 0.0328. The predicted molar refractivity (Wildman–Crippen MR) is 89.7 cm³/mol. The number of aryl methyl sites for hydroxylation is 2. The van der Waals surface area contributed by atoms with E-state index in [0.717, 1.165) is 16.8 Å².